The number of aromatic nitrogens is 1. The van der Waals surface area contributed by atoms with Crippen molar-refractivity contribution in [2.45, 2.75) is 69.0 Å². The summed E-state index contributed by atoms with van der Waals surface area (Å²) >= 11 is 0. The van der Waals surface area contributed by atoms with Gasteiger partial charge in [0.1, 0.15) is 0 Å². The van der Waals surface area contributed by atoms with E-state index in [1.54, 1.807) is 16.8 Å². The van der Waals surface area contributed by atoms with Crippen molar-refractivity contribution < 1.29 is 0 Å². The molecule has 1 saturated heterocycles. The molecule has 5 atom stereocenters. The Bertz CT molecular complexity index is 837. The van der Waals surface area contributed by atoms with Crippen LogP contribution in [-0.2, 0) is 12.8 Å². The maximum atomic E-state index is 3.90. The number of aromatic amines is 1. The molecule has 4 aliphatic carbocycles. The van der Waals surface area contributed by atoms with Gasteiger partial charge in [-0.05, 0) is 62.1 Å². The highest BCUT2D eigenvalue weighted by Crippen LogP contribution is 2.52. The first-order valence-electron chi connectivity index (χ1n) is 10.6. The Labute approximate surface area is 156 Å². The van der Waals surface area contributed by atoms with Crippen LogP contribution in [0.1, 0.15) is 60.5 Å². The third-order valence-electron chi connectivity index (χ3n) is 7.52. The summed E-state index contributed by atoms with van der Waals surface area (Å²) < 4.78 is 0. The van der Waals surface area contributed by atoms with E-state index in [9.17, 15) is 0 Å². The van der Waals surface area contributed by atoms with E-state index in [1.807, 2.05) is 0 Å². The van der Waals surface area contributed by atoms with Gasteiger partial charge >= 0.3 is 0 Å². The van der Waals surface area contributed by atoms with Gasteiger partial charge in [-0.15, -0.1) is 0 Å². The van der Waals surface area contributed by atoms with E-state index in [4.69, 9.17) is 0 Å². The Balaban J connectivity index is 1.45. The average Bonchev–Trinajstić information content (AvgIpc) is 3.24. The second-order valence-electron chi connectivity index (χ2n) is 8.71. The zero-order valence-electron chi connectivity index (χ0n) is 15.4. The van der Waals surface area contributed by atoms with Gasteiger partial charge in [0, 0.05) is 41.3 Å². The summed E-state index contributed by atoms with van der Waals surface area (Å²) in [6.45, 7) is 0. The van der Waals surface area contributed by atoms with E-state index in [-0.39, 0.29) is 0 Å². The predicted molar refractivity (Wildman–Crippen MR) is 107 cm³/mol. The van der Waals surface area contributed by atoms with Crippen LogP contribution in [0.2, 0.25) is 0 Å². The lowest BCUT2D eigenvalue weighted by atomic mass is 9.75. The van der Waals surface area contributed by atoms with Crippen LogP contribution in [0, 0.1) is 5.92 Å². The first kappa shape index (κ1) is 15.3. The molecule has 5 unspecified atom stereocenters. The summed E-state index contributed by atoms with van der Waals surface area (Å²) in [5.74, 6) is 1.29. The Hall–Kier alpha value is -1.80. The van der Waals surface area contributed by atoms with Crippen LogP contribution in [0.25, 0.3) is 6.08 Å². The lowest BCUT2D eigenvalue weighted by molar-refractivity contribution is 0.123. The highest BCUT2D eigenvalue weighted by Gasteiger charge is 2.52. The highest BCUT2D eigenvalue weighted by atomic mass is 15.3. The zero-order chi connectivity index (χ0) is 17.1. The minimum absolute atomic E-state index is 0.591. The summed E-state index contributed by atoms with van der Waals surface area (Å²) in [6, 6.07) is 2.02. The molecule has 0 bridgehead atoms. The number of likely N-dealkylation sites (tertiary alicyclic amines) is 1. The van der Waals surface area contributed by atoms with Crippen molar-refractivity contribution in [2.24, 2.45) is 5.92 Å². The smallest absolute Gasteiger partial charge is 0.0414 e. The number of hydrogen-bond donors (Lipinski definition) is 1. The lowest BCUT2D eigenvalue weighted by Gasteiger charge is -2.40. The van der Waals surface area contributed by atoms with Crippen molar-refractivity contribution in [1.82, 2.24) is 9.88 Å². The average molecular weight is 345 g/mol. The molecule has 1 fully saturated rings. The number of nitrogens with zero attached hydrogens (tertiary/aromatic N) is 1. The molecule has 0 spiro atoms. The molecule has 0 amide bonds. The largest absolute Gasteiger partial charge is 0.358 e. The fourth-order valence-corrected chi connectivity index (χ4v) is 6.52. The number of allylic oxidation sites excluding steroid dienone is 4. The van der Waals surface area contributed by atoms with Crippen LogP contribution in [0.15, 0.2) is 42.5 Å². The molecular weight excluding hydrogens is 316 g/mol. The summed E-state index contributed by atoms with van der Waals surface area (Å²) in [4.78, 5) is 6.82. The Morgan fingerprint density at radius 2 is 1.88 bits per heavy atom. The normalized spacial score (nSPS) is 37.3. The molecule has 2 heteroatoms. The summed E-state index contributed by atoms with van der Waals surface area (Å²) in [5.41, 5.74) is 6.30. The van der Waals surface area contributed by atoms with Gasteiger partial charge in [0.15, 0.2) is 0 Å². The number of rotatable bonds is 1. The van der Waals surface area contributed by atoms with Crippen molar-refractivity contribution in [1.29, 1.82) is 0 Å². The maximum Gasteiger partial charge on any atom is 0.0414 e. The van der Waals surface area contributed by atoms with Gasteiger partial charge in [-0.25, -0.2) is 0 Å². The van der Waals surface area contributed by atoms with Crippen LogP contribution in [0.4, 0.5) is 0 Å². The summed E-state index contributed by atoms with van der Waals surface area (Å²) in [5, 5.41) is 0. The van der Waals surface area contributed by atoms with Gasteiger partial charge in [-0.2, -0.15) is 0 Å². The van der Waals surface area contributed by atoms with E-state index in [1.165, 1.54) is 50.6 Å². The van der Waals surface area contributed by atoms with Crippen molar-refractivity contribution >= 4 is 6.08 Å². The van der Waals surface area contributed by atoms with Crippen LogP contribution >= 0.6 is 0 Å². The molecule has 1 aliphatic heterocycles. The number of fused-ring (bicyclic) bond motifs is 7. The molecule has 0 aromatic carbocycles. The van der Waals surface area contributed by atoms with E-state index in [0.717, 1.165) is 6.04 Å². The Morgan fingerprint density at radius 1 is 0.923 bits per heavy atom. The molecule has 1 aromatic heterocycles. The minimum Gasteiger partial charge on any atom is -0.358 e. The Morgan fingerprint density at radius 3 is 2.81 bits per heavy atom. The molecule has 134 valence electrons. The quantitative estimate of drug-likeness (QED) is 0.717. The standard InChI is InChI=1S/C24H28N2/c1-2-8-16(9-3-1)26-21-13-7-5-11-19(21)23-22(26)15-14-18-17-10-4-6-12-20(17)25-24(18)23/h1-2,5-7,11-13,16,19,21-23,25H,3-4,8-10,14-15H2. The predicted octanol–water partition coefficient (Wildman–Crippen LogP) is 4.91. The Kier molecular flexibility index (Phi) is 3.44. The third kappa shape index (κ3) is 2.08. The molecule has 5 aliphatic rings. The molecule has 6 rings (SSSR count). The molecule has 2 heterocycles. The monoisotopic (exact) mass is 344 g/mol. The molecule has 2 nitrogen and oxygen atoms in total. The molecule has 0 radical (unpaired) electrons. The molecule has 26 heavy (non-hydrogen) atoms. The van der Waals surface area contributed by atoms with Crippen LogP contribution in [0.5, 0.6) is 0 Å². The first-order chi connectivity index (χ1) is 12.9. The number of nitrogens with one attached hydrogen (secondary N) is 1. The minimum atomic E-state index is 0.591. The topological polar surface area (TPSA) is 19.0 Å². The molecule has 1 aromatic rings. The second kappa shape index (κ2) is 5.85. The van der Waals surface area contributed by atoms with E-state index >= 15 is 0 Å². The lowest BCUT2D eigenvalue weighted by Crippen LogP contribution is -2.46. The highest BCUT2D eigenvalue weighted by molar-refractivity contribution is 5.59. The first-order valence-corrected chi connectivity index (χ1v) is 10.6. The maximum absolute atomic E-state index is 3.90. The summed E-state index contributed by atoms with van der Waals surface area (Å²) in [7, 11) is 0. The third-order valence-corrected chi connectivity index (χ3v) is 7.52. The van der Waals surface area contributed by atoms with Crippen LogP contribution in [0.3, 0.4) is 0 Å². The molecule has 0 saturated carbocycles. The second-order valence-corrected chi connectivity index (χ2v) is 8.71. The van der Waals surface area contributed by atoms with Gasteiger partial charge in [-0.1, -0.05) is 42.5 Å². The van der Waals surface area contributed by atoms with Gasteiger partial charge in [0.05, 0.1) is 0 Å². The fourth-order valence-electron chi connectivity index (χ4n) is 6.52. The van der Waals surface area contributed by atoms with Crippen molar-refractivity contribution in [3.8, 4) is 0 Å². The number of hydrogen-bond acceptors (Lipinski definition) is 1. The van der Waals surface area contributed by atoms with E-state index in [2.05, 4.69) is 58.5 Å². The SMILES string of the molecule is C1=CC2C3c4[nH]c5c(c4CCC3N(C3CC=CCC3)C2C=C1)CCC=C5. The van der Waals surface area contributed by atoms with E-state index in [0.29, 0.717) is 23.9 Å². The van der Waals surface area contributed by atoms with Gasteiger partial charge in [0.2, 0.25) is 0 Å². The fraction of sp³-hybridized carbons (Fsp3) is 0.500. The van der Waals surface area contributed by atoms with Gasteiger partial charge in [-0.3, -0.25) is 4.90 Å². The van der Waals surface area contributed by atoms with E-state index < -0.39 is 0 Å². The van der Waals surface area contributed by atoms with Crippen LogP contribution < -0.4 is 0 Å². The number of H-pyrrole nitrogens is 1. The zero-order valence-corrected chi connectivity index (χ0v) is 15.4. The molecular formula is C24H28N2. The van der Waals surface area contributed by atoms with Crippen molar-refractivity contribution in [3.63, 3.8) is 0 Å². The molecule has 1 N–H and O–H groups in total. The summed E-state index contributed by atoms with van der Waals surface area (Å²) in [6.07, 6.45) is 27.9. The van der Waals surface area contributed by atoms with Crippen molar-refractivity contribution in [3.05, 3.63) is 65.0 Å². The van der Waals surface area contributed by atoms with Crippen molar-refractivity contribution in [2.75, 3.05) is 0 Å². The van der Waals surface area contributed by atoms with Crippen LogP contribution in [-0.4, -0.2) is 28.0 Å². The van der Waals surface area contributed by atoms with Gasteiger partial charge in [0.25, 0.3) is 0 Å². The van der Waals surface area contributed by atoms with Gasteiger partial charge < -0.3 is 4.98 Å².